The van der Waals surface area contributed by atoms with Crippen molar-refractivity contribution in [3.05, 3.63) is 53.6 Å². The minimum Gasteiger partial charge on any atom is -0.279 e. The van der Waals surface area contributed by atoms with Gasteiger partial charge in [0.1, 0.15) is 0 Å². The van der Waals surface area contributed by atoms with E-state index in [1.54, 1.807) is 49.4 Å². The van der Waals surface area contributed by atoms with E-state index in [9.17, 15) is 16.8 Å². The van der Waals surface area contributed by atoms with Crippen LogP contribution in [0.5, 0.6) is 0 Å². The van der Waals surface area contributed by atoms with Crippen LogP contribution in [0.2, 0.25) is 0 Å². The van der Waals surface area contributed by atoms with E-state index in [0.29, 0.717) is 30.3 Å². The molecule has 146 valence electrons. The highest BCUT2D eigenvalue weighted by molar-refractivity contribution is 7.93. The van der Waals surface area contributed by atoms with Crippen LogP contribution < -0.4 is 9.03 Å². The van der Waals surface area contributed by atoms with E-state index in [-0.39, 0.29) is 10.6 Å². The fourth-order valence-electron chi connectivity index (χ4n) is 3.04. The monoisotopic (exact) mass is 408 g/mol. The highest BCUT2D eigenvalue weighted by atomic mass is 32.2. The van der Waals surface area contributed by atoms with Gasteiger partial charge < -0.3 is 0 Å². The van der Waals surface area contributed by atoms with Crippen LogP contribution in [0.3, 0.4) is 0 Å². The number of rotatable bonds is 5. The van der Waals surface area contributed by atoms with Gasteiger partial charge in [0.05, 0.1) is 22.0 Å². The standard InChI is InChI=1S/C19H24N2O4S2/c1-14(2)16-6-9-18(10-7-16)27(24,25)20-19-13-17(8-5-15(19)3)21-11-4-12-26(21,22)23/h5-10,13-14,20H,4,11-12H2,1-3H3. The van der Waals surface area contributed by atoms with Gasteiger partial charge in [-0.3, -0.25) is 9.03 Å². The molecule has 0 saturated carbocycles. The van der Waals surface area contributed by atoms with Crippen LogP contribution >= 0.6 is 0 Å². The molecule has 0 aliphatic carbocycles. The molecule has 0 spiro atoms. The number of anilines is 2. The summed E-state index contributed by atoms with van der Waals surface area (Å²) in [4.78, 5) is 0.172. The SMILES string of the molecule is Cc1ccc(N2CCCS2(=O)=O)cc1NS(=O)(=O)c1ccc(C(C)C)cc1. The van der Waals surface area contributed by atoms with Crippen molar-refractivity contribution in [1.82, 2.24) is 0 Å². The van der Waals surface area contributed by atoms with Crippen molar-refractivity contribution in [3.63, 3.8) is 0 Å². The number of aryl methyl sites for hydroxylation is 1. The minimum atomic E-state index is -3.77. The second kappa shape index (κ2) is 7.16. The average molecular weight is 409 g/mol. The molecular weight excluding hydrogens is 384 g/mol. The lowest BCUT2D eigenvalue weighted by atomic mass is 10.0. The first-order chi connectivity index (χ1) is 12.6. The van der Waals surface area contributed by atoms with Crippen LogP contribution in [-0.2, 0) is 20.0 Å². The summed E-state index contributed by atoms with van der Waals surface area (Å²) in [7, 11) is -7.09. The van der Waals surface area contributed by atoms with Crippen molar-refractivity contribution in [2.75, 3.05) is 21.3 Å². The first kappa shape index (κ1) is 19.7. The molecule has 0 unspecified atom stereocenters. The maximum absolute atomic E-state index is 12.8. The normalized spacial score (nSPS) is 16.7. The van der Waals surface area contributed by atoms with Crippen LogP contribution in [0, 0.1) is 6.92 Å². The van der Waals surface area contributed by atoms with Crippen LogP contribution in [-0.4, -0.2) is 29.1 Å². The third-order valence-electron chi connectivity index (χ3n) is 4.71. The Labute approximate surface area is 161 Å². The van der Waals surface area contributed by atoms with Crippen molar-refractivity contribution in [3.8, 4) is 0 Å². The zero-order valence-electron chi connectivity index (χ0n) is 15.6. The molecule has 3 rings (SSSR count). The lowest BCUT2D eigenvalue weighted by Gasteiger charge is -2.19. The molecule has 1 fully saturated rings. The molecule has 27 heavy (non-hydrogen) atoms. The summed E-state index contributed by atoms with van der Waals surface area (Å²) in [6.07, 6.45) is 0.569. The van der Waals surface area contributed by atoms with Crippen molar-refractivity contribution >= 4 is 31.4 Å². The summed E-state index contributed by atoms with van der Waals surface area (Å²) in [5.41, 5.74) is 2.64. The molecule has 1 saturated heterocycles. The zero-order valence-corrected chi connectivity index (χ0v) is 17.3. The summed E-state index contributed by atoms with van der Waals surface area (Å²) in [5, 5.41) is 0. The Balaban J connectivity index is 1.91. The van der Waals surface area contributed by atoms with Gasteiger partial charge in [-0.1, -0.05) is 32.0 Å². The smallest absolute Gasteiger partial charge is 0.261 e. The predicted octanol–water partition coefficient (Wildman–Crippen LogP) is 3.46. The lowest BCUT2D eigenvalue weighted by Crippen LogP contribution is -2.25. The summed E-state index contributed by atoms with van der Waals surface area (Å²) in [5.74, 6) is 0.431. The third kappa shape index (κ3) is 4.11. The number of sulfonamides is 2. The highest BCUT2D eigenvalue weighted by Crippen LogP contribution is 2.30. The fraction of sp³-hybridized carbons (Fsp3) is 0.368. The van der Waals surface area contributed by atoms with Gasteiger partial charge in [-0.25, -0.2) is 16.8 Å². The Morgan fingerprint density at radius 2 is 1.74 bits per heavy atom. The molecule has 0 atom stereocenters. The van der Waals surface area contributed by atoms with E-state index in [1.807, 2.05) is 13.8 Å². The molecule has 2 aromatic rings. The quantitative estimate of drug-likeness (QED) is 0.821. The molecule has 8 heteroatoms. The van der Waals surface area contributed by atoms with E-state index in [4.69, 9.17) is 0 Å². The van der Waals surface area contributed by atoms with E-state index < -0.39 is 20.0 Å². The molecule has 0 aromatic heterocycles. The Bertz CT molecular complexity index is 1040. The van der Waals surface area contributed by atoms with E-state index >= 15 is 0 Å². The molecule has 6 nitrogen and oxygen atoms in total. The molecule has 0 radical (unpaired) electrons. The maximum atomic E-state index is 12.8. The number of nitrogens with zero attached hydrogens (tertiary/aromatic N) is 1. The Kier molecular flexibility index (Phi) is 5.22. The van der Waals surface area contributed by atoms with Crippen LogP contribution in [0.15, 0.2) is 47.4 Å². The number of nitrogens with one attached hydrogen (secondary N) is 1. The molecule has 1 heterocycles. The number of benzene rings is 2. The van der Waals surface area contributed by atoms with E-state index in [1.165, 1.54) is 4.31 Å². The average Bonchev–Trinajstić information content (AvgIpc) is 2.96. The van der Waals surface area contributed by atoms with Crippen LogP contribution in [0.25, 0.3) is 0 Å². The van der Waals surface area contributed by atoms with Gasteiger partial charge in [-0.15, -0.1) is 0 Å². The summed E-state index contributed by atoms with van der Waals surface area (Å²) < 4.78 is 53.7. The van der Waals surface area contributed by atoms with Gasteiger partial charge in [0.25, 0.3) is 10.0 Å². The number of hydrogen-bond acceptors (Lipinski definition) is 4. The van der Waals surface area contributed by atoms with Crippen LogP contribution in [0.1, 0.15) is 37.3 Å². The Morgan fingerprint density at radius 1 is 1.07 bits per heavy atom. The maximum Gasteiger partial charge on any atom is 0.261 e. The summed E-state index contributed by atoms with van der Waals surface area (Å²) in [6, 6.07) is 11.8. The topological polar surface area (TPSA) is 83.6 Å². The summed E-state index contributed by atoms with van der Waals surface area (Å²) in [6.45, 7) is 6.28. The molecule has 1 N–H and O–H groups in total. The summed E-state index contributed by atoms with van der Waals surface area (Å²) >= 11 is 0. The molecule has 2 aromatic carbocycles. The van der Waals surface area contributed by atoms with Crippen LogP contribution in [0.4, 0.5) is 11.4 Å². The molecule has 1 aliphatic rings. The fourth-order valence-corrected chi connectivity index (χ4v) is 5.72. The molecule has 0 amide bonds. The zero-order chi connectivity index (χ0) is 19.8. The van der Waals surface area contributed by atoms with Crippen molar-refractivity contribution in [2.45, 2.75) is 38.0 Å². The first-order valence-electron chi connectivity index (χ1n) is 8.84. The Hall–Kier alpha value is -2.06. The van der Waals surface area contributed by atoms with Gasteiger partial charge in [0.2, 0.25) is 10.0 Å². The minimum absolute atomic E-state index is 0.115. The van der Waals surface area contributed by atoms with Gasteiger partial charge in [0.15, 0.2) is 0 Å². The Morgan fingerprint density at radius 3 is 2.30 bits per heavy atom. The molecular formula is C19H24N2O4S2. The van der Waals surface area contributed by atoms with Gasteiger partial charge in [0, 0.05) is 6.54 Å². The number of hydrogen-bond donors (Lipinski definition) is 1. The van der Waals surface area contributed by atoms with Crippen molar-refractivity contribution < 1.29 is 16.8 Å². The van der Waals surface area contributed by atoms with Crippen molar-refractivity contribution in [2.24, 2.45) is 0 Å². The van der Waals surface area contributed by atoms with Gasteiger partial charge >= 0.3 is 0 Å². The largest absolute Gasteiger partial charge is 0.279 e. The third-order valence-corrected chi connectivity index (χ3v) is 7.96. The van der Waals surface area contributed by atoms with Gasteiger partial charge in [-0.05, 0) is 54.7 Å². The molecule has 1 aliphatic heterocycles. The van der Waals surface area contributed by atoms with Gasteiger partial charge in [-0.2, -0.15) is 0 Å². The van der Waals surface area contributed by atoms with E-state index in [0.717, 1.165) is 11.1 Å². The second-order valence-corrected chi connectivity index (χ2v) is 10.8. The van der Waals surface area contributed by atoms with E-state index in [2.05, 4.69) is 4.72 Å². The predicted molar refractivity (Wildman–Crippen MR) is 108 cm³/mol. The second-order valence-electron chi connectivity index (χ2n) is 7.07. The highest BCUT2D eigenvalue weighted by Gasteiger charge is 2.29. The molecule has 0 bridgehead atoms. The van der Waals surface area contributed by atoms with Crippen molar-refractivity contribution in [1.29, 1.82) is 0 Å². The first-order valence-corrected chi connectivity index (χ1v) is 11.9. The lowest BCUT2D eigenvalue weighted by molar-refractivity contribution is 0.598.